The fourth-order valence-corrected chi connectivity index (χ4v) is 0.542. The molecule has 0 rings (SSSR count). The smallest absolute Gasteiger partial charge is 0.109 e. The summed E-state index contributed by atoms with van der Waals surface area (Å²) in [5.74, 6) is 0. The Morgan fingerprint density at radius 2 is 1.75 bits per heavy atom. The average Bonchev–Trinajstić information content (AvgIpc) is 1.95. The van der Waals surface area contributed by atoms with Crippen molar-refractivity contribution in [3.8, 4) is 0 Å². The topological polar surface area (TPSA) is 58.9 Å². The molecule has 73 valence electrons. The van der Waals surface area contributed by atoms with E-state index in [2.05, 4.69) is 0 Å². The van der Waals surface area contributed by atoms with Crippen molar-refractivity contribution in [3.63, 3.8) is 0 Å². The molecule has 12 heavy (non-hydrogen) atoms. The Balaban J connectivity index is 2.91. The van der Waals surface area contributed by atoms with Crippen molar-refractivity contribution >= 4 is 0 Å². The molecule has 0 aromatic rings. The van der Waals surface area contributed by atoms with Gasteiger partial charge in [0.05, 0.1) is 32.0 Å². The SMILES string of the molecule is CC(O)CO[CH]COCC(C)O. The summed E-state index contributed by atoms with van der Waals surface area (Å²) in [5, 5.41) is 17.5. The molecule has 0 saturated carbocycles. The monoisotopic (exact) mass is 177 g/mol. The van der Waals surface area contributed by atoms with E-state index in [1.54, 1.807) is 13.8 Å². The normalized spacial score (nSPS) is 16.0. The first kappa shape index (κ1) is 11.8. The van der Waals surface area contributed by atoms with E-state index in [1.807, 2.05) is 0 Å². The van der Waals surface area contributed by atoms with Gasteiger partial charge < -0.3 is 19.7 Å². The molecule has 2 N–H and O–H groups in total. The predicted octanol–water partition coefficient (Wildman–Crippen LogP) is -0.0570. The number of aliphatic hydroxyl groups is 2. The Bertz CT molecular complexity index is 81.1. The maximum absolute atomic E-state index is 8.78. The minimum Gasteiger partial charge on any atom is -0.391 e. The molecule has 0 aromatic carbocycles. The Hall–Kier alpha value is -0.160. The molecule has 0 aromatic heterocycles. The number of rotatable bonds is 7. The highest BCUT2D eigenvalue weighted by Gasteiger charge is 1.97. The zero-order chi connectivity index (χ0) is 9.40. The van der Waals surface area contributed by atoms with Crippen molar-refractivity contribution in [2.75, 3.05) is 19.8 Å². The fourth-order valence-electron chi connectivity index (χ4n) is 0.542. The Kier molecular flexibility index (Phi) is 7.39. The van der Waals surface area contributed by atoms with Gasteiger partial charge in [0.1, 0.15) is 6.61 Å². The highest BCUT2D eigenvalue weighted by Crippen LogP contribution is 1.89. The van der Waals surface area contributed by atoms with E-state index in [0.29, 0.717) is 13.2 Å². The maximum atomic E-state index is 8.78. The second-order valence-electron chi connectivity index (χ2n) is 2.74. The third-order valence-electron chi connectivity index (χ3n) is 1.00. The molecule has 0 aliphatic rings. The molecule has 4 heteroatoms. The lowest BCUT2D eigenvalue weighted by molar-refractivity contribution is 0.0181. The minimum absolute atomic E-state index is 0.276. The van der Waals surface area contributed by atoms with Crippen molar-refractivity contribution in [2.24, 2.45) is 0 Å². The number of hydrogen-bond acceptors (Lipinski definition) is 4. The van der Waals surface area contributed by atoms with Crippen LogP contribution in [0.4, 0.5) is 0 Å². The van der Waals surface area contributed by atoms with Crippen LogP contribution in [-0.2, 0) is 9.47 Å². The fraction of sp³-hybridized carbons (Fsp3) is 0.875. The lowest BCUT2D eigenvalue weighted by Crippen LogP contribution is -2.14. The molecule has 0 spiro atoms. The summed E-state index contributed by atoms with van der Waals surface area (Å²) in [4.78, 5) is 0. The molecule has 0 heterocycles. The lowest BCUT2D eigenvalue weighted by Gasteiger charge is -2.07. The van der Waals surface area contributed by atoms with Crippen molar-refractivity contribution in [2.45, 2.75) is 26.1 Å². The number of ether oxygens (including phenoxy) is 2. The zero-order valence-electron chi connectivity index (χ0n) is 7.56. The highest BCUT2D eigenvalue weighted by atomic mass is 16.5. The molecule has 0 aliphatic carbocycles. The summed E-state index contributed by atoms with van der Waals surface area (Å²) in [6.45, 7) is 5.67. The quantitative estimate of drug-likeness (QED) is 0.535. The number of hydrogen-bond donors (Lipinski definition) is 2. The van der Waals surface area contributed by atoms with Crippen molar-refractivity contribution in [3.05, 3.63) is 6.61 Å². The van der Waals surface area contributed by atoms with Gasteiger partial charge in [-0.2, -0.15) is 0 Å². The van der Waals surface area contributed by atoms with Crippen LogP contribution in [0.3, 0.4) is 0 Å². The van der Waals surface area contributed by atoms with Gasteiger partial charge >= 0.3 is 0 Å². The Morgan fingerprint density at radius 1 is 1.17 bits per heavy atom. The minimum atomic E-state index is -0.460. The second kappa shape index (κ2) is 7.49. The molecular weight excluding hydrogens is 160 g/mol. The summed E-state index contributed by atoms with van der Waals surface area (Å²) in [6.07, 6.45) is -0.909. The van der Waals surface area contributed by atoms with E-state index >= 15 is 0 Å². The van der Waals surface area contributed by atoms with Crippen molar-refractivity contribution in [1.82, 2.24) is 0 Å². The Labute approximate surface area is 73.1 Å². The number of aliphatic hydroxyl groups excluding tert-OH is 2. The van der Waals surface area contributed by atoms with Crippen LogP contribution in [-0.4, -0.2) is 42.2 Å². The lowest BCUT2D eigenvalue weighted by atomic mass is 10.4. The first-order valence-corrected chi connectivity index (χ1v) is 4.00. The first-order chi connectivity index (χ1) is 5.63. The molecule has 0 bridgehead atoms. The summed E-state index contributed by atoms with van der Waals surface area (Å²) in [7, 11) is 0. The van der Waals surface area contributed by atoms with Crippen molar-refractivity contribution < 1.29 is 19.7 Å². The van der Waals surface area contributed by atoms with Crippen LogP contribution in [0.25, 0.3) is 0 Å². The van der Waals surface area contributed by atoms with Crippen LogP contribution in [0, 0.1) is 6.61 Å². The van der Waals surface area contributed by atoms with E-state index in [-0.39, 0.29) is 6.61 Å². The van der Waals surface area contributed by atoms with Gasteiger partial charge in [0, 0.05) is 0 Å². The van der Waals surface area contributed by atoms with Gasteiger partial charge in [-0.1, -0.05) is 0 Å². The van der Waals surface area contributed by atoms with Gasteiger partial charge in [-0.05, 0) is 13.8 Å². The summed E-state index contributed by atoms with van der Waals surface area (Å²) in [6, 6.07) is 0. The molecule has 0 saturated heterocycles. The van der Waals surface area contributed by atoms with Crippen LogP contribution < -0.4 is 0 Å². The third-order valence-corrected chi connectivity index (χ3v) is 1.00. The molecule has 1 radical (unpaired) electrons. The molecule has 2 unspecified atom stereocenters. The second-order valence-corrected chi connectivity index (χ2v) is 2.74. The molecule has 0 aliphatic heterocycles. The molecule has 2 atom stereocenters. The van der Waals surface area contributed by atoms with Crippen LogP contribution >= 0.6 is 0 Å². The molecule has 4 nitrogen and oxygen atoms in total. The first-order valence-electron chi connectivity index (χ1n) is 4.00. The van der Waals surface area contributed by atoms with Crippen molar-refractivity contribution in [1.29, 1.82) is 0 Å². The van der Waals surface area contributed by atoms with E-state index in [1.165, 1.54) is 6.61 Å². The van der Waals surface area contributed by atoms with Gasteiger partial charge in [0.15, 0.2) is 0 Å². The summed E-state index contributed by atoms with van der Waals surface area (Å²) < 4.78 is 9.86. The average molecular weight is 177 g/mol. The highest BCUT2D eigenvalue weighted by molar-refractivity contribution is 4.51. The summed E-state index contributed by atoms with van der Waals surface area (Å²) >= 11 is 0. The van der Waals surface area contributed by atoms with Gasteiger partial charge in [-0.15, -0.1) is 0 Å². The summed E-state index contributed by atoms with van der Waals surface area (Å²) in [5.41, 5.74) is 0. The van der Waals surface area contributed by atoms with Crippen LogP contribution in [0.5, 0.6) is 0 Å². The largest absolute Gasteiger partial charge is 0.391 e. The van der Waals surface area contributed by atoms with E-state index in [0.717, 1.165) is 0 Å². The van der Waals surface area contributed by atoms with Gasteiger partial charge in [0.25, 0.3) is 0 Å². The van der Waals surface area contributed by atoms with Gasteiger partial charge in [-0.3, -0.25) is 0 Å². The van der Waals surface area contributed by atoms with Crippen LogP contribution in [0.1, 0.15) is 13.8 Å². The Morgan fingerprint density at radius 3 is 2.25 bits per heavy atom. The van der Waals surface area contributed by atoms with Gasteiger partial charge in [-0.25, -0.2) is 0 Å². The molecule has 0 amide bonds. The van der Waals surface area contributed by atoms with Gasteiger partial charge in [0.2, 0.25) is 0 Å². The zero-order valence-corrected chi connectivity index (χ0v) is 7.56. The predicted molar refractivity (Wildman–Crippen MR) is 44.4 cm³/mol. The van der Waals surface area contributed by atoms with E-state index in [4.69, 9.17) is 19.7 Å². The standard InChI is InChI=1S/C8H17O4/c1-7(9)5-11-3-4-12-6-8(2)10/h3,7-10H,4-6H2,1-2H3. The van der Waals surface area contributed by atoms with Crippen LogP contribution in [0.15, 0.2) is 0 Å². The van der Waals surface area contributed by atoms with E-state index in [9.17, 15) is 0 Å². The van der Waals surface area contributed by atoms with Crippen LogP contribution in [0.2, 0.25) is 0 Å². The van der Waals surface area contributed by atoms with E-state index < -0.39 is 12.2 Å². The molecule has 0 fully saturated rings. The maximum Gasteiger partial charge on any atom is 0.109 e. The molecular formula is C8H17O4. The third kappa shape index (κ3) is 9.84.